The molecule has 5 rings (SSSR count). The molecular weight excluding hydrogens is 430 g/mol. The first-order chi connectivity index (χ1) is 15.3. The van der Waals surface area contributed by atoms with Crippen LogP contribution in [-0.4, -0.2) is 46.7 Å². The minimum Gasteiger partial charge on any atom is -0.348 e. The molecule has 4 aromatic heterocycles. The lowest BCUT2D eigenvalue weighted by Crippen LogP contribution is -2.41. The van der Waals surface area contributed by atoms with Crippen LogP contribution in [0.1, 0.15) is 57.7 Å². The number of hydrogen-bond donors (Lipinski definition) is 1. The van der Waals surface area contributed by atoms with Crippen molar-refractivity contribution in [1.29, 1.82) is 0 Å². The zero-order chi connectivity index (χ0) is 22.6. The number of pyridine rings is 1. The Labute approximate surface area is 178 Å². The zero-order valence-corrected chi connectivity index (χ0v) is 16.7. The predicted octanol–water partition coefficient (Wildman–Crippen LogP) is 3.45. The van der Waals surface area contributed by atoms with Gasteiger partial charge >= 0.3 is 0 Å². The Kier molecular flexibility index (Phi) is 4.72. The van der Waals surface area contributed by atoms with Crippen LogP contribution in [-0.2, 0) is 13.5 Å². The van der Waals surface area contributed by atoms with E-state index < -0.39 is 30.5 Å². The molecule has 0 unspecified atom stereocenters. The largest absolute Gasteiger partial charge is 0.348 e. The molecule has 1 atom stereocenters. The van der Waals surface area contributed by atoms with Gasteiger partial charge in [0.2, 0.25) is 0 Å². The van der Waals surface area contributed by atoms with Gasteiger partial charge in [0, 0.05) is 37.5 Å². The highest BCUT2D eigenvalue weighted by atomic mass is 19.3. The van der Waals surface area contributed by atoms with Gasteiger partial charge in [0.15, 0.2) is 0 Å². The van der Waals surface area contributed by atoms with E-state index in [1.807, 2.05) is 0 Å². The van der Waals surface area contributed by atoms with Crippen molar-refractivity contribution in [3.8, 4) is 0 Å². The summed E-state index contributed by atoms with van der Waals surface area (Å²) in [5, 5.41) is 8.15. The summed E-state index contributed by atoms with van der Waals surface area (Å²) in [7, 11) is 1.41. The molecule has 0 aromatic carbocycles. The lowest BCUT2D eigenvalue weighted by molar-refractivity contribution is 0.0675. The number of nitrogens with one attached hydrogen (secondary N) is 1. The molecule has 0 fully saturated rings. The number of carbonyl (C=O) groups is 1. The van der Waals surface area contributed by atoms with Crippen LogP contribution in [0.3, 0.4) is 0 Å². The van der Waals surface area contributed by atoms with Crippen LogP contribution in [0.4, 0.5) is 17.6 Å². The summed E-state index contributed by atoms with van der Waals surface area (Å²) in [5.74, 6) is -0.531. The molecule has 166 valence electrons. The summed E-state index contributed by atoms with van der Waals surface area (Å²) in [6, 6.07) is 4.56. The molecule has 1 aliphatic heterocycles. The Morgan fingerprint density at radius 3 is 2.72 bits per heavy atom. The maximum absolute atomic E-state index is 13.5. The fourth-order valence-electron chi connectivity index (χ4n) is 4.11. The predicted molar refractivity (Wildman–Crippen MR) is 103 cm³/mol. The molecule has 12 heteroatoms. The third-order valence-electron chi connectivity index (χ3n) is 5.60. The number of imidazole rings is 1. The molecule has 1 amide bonds. The van der Waals surface area contributed by atoms with Crippen LogP contribution in [0.15, 0.2) is 36.8 Å². The van der Waals surface area contributed by atoms with Crippen LogP contribution >= 0.6 is 0 Å². The number of hydrogen-bond acceptors (Lipinski definition) is 4. The summed E-state index contributed by atoms with van der Waals surface area (Å²) in [5.41, 5.74) is 1.19. The van der Waals surface area contributed by atoms with Crippen LogP contribution in [0.2, 0.25) is 0 Å². The molecule has 8 nitrogen and oxygen atoms in total. The van der Waals surface area contributed by atoms with Gasteiger partial charge in [0.05, 0.1) is 23.2 Å². The molecule has 0 aliphatic carbocycles. The van der Waals surface area contributed by atoms with Crippen LogP contribution in [0.5, 0.6) is 0 Å². The summed E-state index contributed by atoms with van der Waals surface area (Å²) >= 11 is 0. The molecule has 0 saturated heterocycles. The number of rotatable bonds is 4. The topological polar surface area (TPSA) is 84.1 Å². The average Bonchev–Trinajstić information content (AvgIpc) is 3.49. The van der Waals surface area contributed by atoms with E-state index in [-0.39, 0.29) is 23.3 Å². The molecule has 32 heavy (non-hydrogen) atoms. The van der Waals surface area contributed by atoms with Crippen LogP contribution in [0.25, 0.3) is 5.52 Å². The average molecular weight is 447 g/mol. The number of aromatic amines is 1. The second-order valence-electron chi connectivity index (χ2n) is 7.46. The summed E-state index contributed by atoms with van der Waals surface area (Å²) < 4.78 is 55.6. The van der Waals surface area contributed by atoms with Crippen molar-refractivity contribution in [1.82, 2.24) is 34.3 Å². The van der Waals surface area contributed by atoms with Gasteiger partial charge in [0.25, 0.3) is 18.8 Å². The highest BCUT2D eigenvalue weighted by Crippen LogP contribution is 2.35. The molecule has 0 bridgehead atoms. The van der Waals surface area contributed by atoms with E-state index >= 15 is 0 Å². The second-order valence-corrected chi connectivity index (χ2v) is 7.46. The molecule has 0 saturated carbocycles. The van der Waals surface area contributed by atoms with E-state index in [1.165, 1.54) is 41.0 Å². The SMILES string of the molecule is Cn1nc(C(F)F)cc1C(=O)N1CCc2[nH]cnc2[C@@H]1c1cc2c(C(F)F)cccn2n1. The third kappa shape index (κ3) is 3.13. The molecule has 0 radical (unpaired) electrons. The first kappa shape index (κ1) is 20.2. The van der Waals surface area contributed by atoms with E-state index in [9.17, 15) is 22.4 Å². The normalized spacial score (nSPS) is 16.3. The van der Waals surface area contributed by atoms with Gasteiger partial charge in [-0.25, -0.2) is 27.1 Å². The number of amides is 1. The Morgan fingerprint density at radius 2 is 2.00 bits per heavy atom. The number of fused-ring (bicyclic) bond motifs is 2. The molecule has 5 heterocycles. The van der Waals surface area contributed by atoms with Gasteiger partial charge in [-0.2, -0.15) is 10.2 Å². The number of alkyl halides is 4. The van der Waals surface area contributed by atoms with E-state index in [1.54, 1.807) is 6.20 Å². The molecule has 1 aliphatic rings. The highest BCUT2D eigenvalue weighted by molar-refractivity contribution is 5.93. The van der Waals surface area contributed by atoms with E-state index in [4.69, 9.17) is 0 Å². The molecule has 0 spiro atoms. The standard InChI is InChI=1S/C20H17F4N7O/c1-29-15(8-13(27-29)19(23)24)20(32)30-6-4-11-16(26-9-25-11)17(30)12-7-14-10(18(21)22)3-2-5-31(14)28-12/h2-3,5,7-9,17-19H,4,6H2,1H3,(H,25,26)/t17-/m0/s1. The summed E-state index contributed by atoms with van der Waals surface area (Å²) in [4.78, 5) is 22.2. The fraction of sp³-hybridized carbons (Fsp3) is 0.300. The van der Waals surface area contributed by atoms with Crippen molar-refractivity contribution < 1.29 is 22.4 Å². The molecule has 1 N–H and O–H groups in total. The number of H-pyrrole nitrogens is 1. The Morgan fingerprint density at radius 1 is 1.19 bits per heavy atom. The summed E-state index contributed by atoms with van der Waals surface area (Å²) in [6.07, 6.45) is -2.02. The van der Waals surface area contributed by atoms with Crippen molar-refractivity contribution in [3.05, 3.63) is 70.8 Å². The van der Waals surface area contributed by atoms with E-state index in [2.05, 4.69) is 20.2 Å². The van der Waals surface area contributed by atoms with Gasteiger partial charge in [-0.3, -0.25) is 9.48 Å². The first-order valence-corrected chi connectivity index (χ1v) is 9.76. The van der Waals surface area contributed by atoms with Crippen molar-refractivity contribution in [2.75, 3.05) is 6.54 Å². The van der Waals surface area contributed by atoms with Gasteiger partial charge in [-0.15, -0.1) is 0 Å². The lowest BCUT2D eigenvalue weighted by atomic mass is 9.99. The number of halogens is 4. The van der Waals surface area contributed by atoms with Crippen LogP contribution in [0, 0.1) is 0 Å². The zero-order valence-electron chi connectivity index (χ0n) is 16.7. The number of aryl methyl sites for hydroxylation is 1. The van der Waals surface area contributed by atoms with Crippen molar-refractivity contribution >= 4 is 11.4 Å². The van der Waals surface area contributed by atoms with Gasteiger partial charge in [-0.1, -0.05) is 0 Å². The van der Waals surface area contributed by atoms with Gasteiger partial charge in [0.1, 0.15) is 17.4 Å². The lowest BCUT2D eigenvalue weighted by Gasteiger charge is -2.33. The summed E-state index contributed by atoms with van der Waals surface area (Å²) in [6.45, 7) is 0.253. The number of nitrogens with zero attached hydrogens (tertiary/aromatic N) is 6. The van der Waals surface area contributed by atoms with E-state index in [0.717, 1.165) is 16.4 Å². The Bertz CT molecular complexity index is 1310. The fourth-order valence-corrected chi connectivity index (χ4v) is 4.11. The Balaban J connectivity index is 1.62. The smallest absolute Gasteiger partial charge is 0.282 e. The monoisotopic (exact) mass is 447 g/mol. The van der Waals surface area contributed by atoms with E-state index in [0.29, 0.717) is 17.8 Å². The Hall–Kier alpha value is -3.70. The third-order valence-corrected chi connectivity index (χ3v) is 5.60. The first-order valence-electron chi connectivity index (χ1n) is 9.76. The highest BCUT2D eigenvalue weighted by Gasteiger charge is 2.37. The van der Waals surface area contributed by atoms with Crippen molar-refractivity contribution in [2.45, 2.75) is 25.3 Å². The quantitative estimate of drug-likeness (QED) is 0.486. The van der Waals surface area contributed by atoms with Gasteiger partial charge < -0.3 is 9.88 Å². The minimum absolute atomic E-state index is 0.0127. The van der Waals surface area contributed by atoms with Crippen LogP contribution < -0.4 is 0 Å². The minimum atomic E-state index is -2.82. The second kappa shape index (κ2) is 7.46. The number of aromatic nitrogens is 6. The maximum Gasteiger partial charge on any atom is 0.282 e. The van der Waals surface area contributed by atoms with Crippen molar-refractivity contribution in [2.24, 2.45) is 7.05 Å². The molecular formula is C20H17F4N7O. The number of carbonyl (C=O) groups excluding carboxylic acids is 1. The maximum atomic E-state index is 13.5. The molecule has 4 aromatic rings. The van der Waals surface area contributed by atoms with Gasteiger partial charge in [-0.05, 0) is 24.3 Å². The van der Waals surface area contributed by atoms with Crippen molar-refractivity contribution in [3.63, 3.8) is 0 Å².